The zero-order valence-electron chi connectivity index (χ0n) is 11.5. The summed E-state index contributed by atoms with van der Waals surface area (Å²) < 4.78 is 28.0. The third-order valence-corrected chi connectivity index (χ3v) is 3.08. The van der Waals surface area contributed by atoms with E-state index in [0.29, 0.717) is 12.2 Å². The van der Waals surface area contributed by atoms with Gasteiger partial charge in [0.2, 0.25) is 0 Å². The number of rotatable bonds is 3. The molecule has 0 atom stereocenters. The lowest BCUT2D eigenvalue weighted by Crippen LogP contribution is -2.13. The third-order valence-electron chi connectivity index (χ3n) is 2.95. The fourth-order valence-corrected chi connectivity index (χ4v) is 1.96. The maximum Gasteiger partial charge on any atom is 0.160 e. The summed E-state index contributed by atoms with van der Waals surface area (Å²) in [5, 5.41) is 4.47. The summed E-state index contributed by atoms with van der Waals surface area (Å²) in [6.45, 7) is 6.46. The molecule has 108 valence electrons. The Kier molecular flexibility index (Phi) is 4.11. The second-order valence-electron chi connectivity index (χ2n) is 5.59. The molecular formula is C14H16ClF2N3. The zero-order chi connectivity index (χ0) is 14.9. The predicted octanol–water partition coefficient (Wildman–Crippen LogP) is 3.69. The monoisotopic (exact) mass is 299 g/mol. The van der Waals surface area contributed by atoms with E-state index in [9.17, 15) is 8.78 Å². The Morgan fingerprint density at radius 1 is 1.20 bits per heavy atom. The van der Waals surface area contributed by atoms with Crippen LogP contribution in [0.5, 0.6) is 0 Å². The van der Waals surface area contributed by atoms with Crippen LogP contribution in [0.4, 0.5) is 8.78 Å². The number of nitrogens with one attached hydrogen (secondary N) is 1. The van der Waals surface area contributed by atoms with E-state index in [1.807, 2.05) is 26.8 Å². The van der Waals surface area contributed by atoms with E-state index in [4.69, 9.17) is 11.8 Å². The smallest absolute Gasteiger partial charge is 0.160 e. The molecule has 1 heterocycles. The first-order valence-corrected chi connectivity index (χ1v) is 6.59. The second kappa shape index (κ2) is 5.50. The van der Waals surface area contributed by atoms with Crippen molar-refractivity contribution >= 4 is 11.8 Å². The third kappa shape index (κ3) is 2.99. The van der Waals surface area contributed by atoms with Gasteiger partial charge in [-0.25, -0.2) is 18.3 Å². The van der Waals surface area contributed by atoms with Crippen LogP contribution < -0.4 is 4.84 Å². The first-order valence-electron chi connectivity index (χ1n) is 6.21. The fourth-order valence-electron chi connectivity index (χ4n) is 1.82. The summed E-state index contributed by atoms with van der Waals surface area (Å²) in [5.74, 6) is -1.78. The van der Waals surface area contributed by atoms with Gasteiger partial charge >= 0.3 is 0 Å². The molecule has 6 heteroatoms. The molecule has 0 fully saturated rings. The Labute approximate surface area is 121 Å². The molecule has 0 radical (unpaired) electrons. The highest BCUT2D eigenvalue weighted by Gasteiger charge is 2.20. The second-order valence-corrected chi connectivity index (χ2v) is 5.86. The van der Waals surface area contributed by atoms with Crippen molar-refractivity contribution in [3.05, 3.63) is 47.3 Å². The normalized spacial score (nSPS) is 11.9. The standard InChI is InChI=1S/C14H16ClF2N3/c1-14(2,3)13-7-10(8-18-15)20(19-13)9-4-5-11(16)12(17)6-9/h4-7,18H,8H2,1-3H3. The Morgan fingerprint density at radius 3 is 2.45 bits per heavy atom. The van der Waals surface area contributed by atoms with Gasteiger partial charge in [-0.05, 0) is 30.0 Å². The molecule has 0 saturated carbocycles. The van der Waals surface area contributed by atoms with Gasteiger partial charge in [0, 0.05) is 11.5 Å². The molecule has 0 spiro atoms. The van der Waals surface area contributed by atoms with E-state index < -0.39 is 11.6 Å². The van der Waals surface area contributed by atoms with Gasteiger partial charge in [-0.3, -0.25) is 0 Å². The van der Waals surface area contributed by atoms with Crippen LogP contribution in [-0.2, 0) is 12.0 Å². The van der Waals surface area contributed by atoms with E-state index >= 15 is 0 Å². The Hall–Kier alpha value is -1.46. The van der Waals surface area contributed by atoms with Gasteiger partial charge in [0.1, 0.15) is 0 Å². The van der Waals surface area contributed by atoms with E-state index in [1.54, 1.807) is 4.68 Å². The number of aromatic nitrogens is 2. The molecule has 0 unspecified atom stereocenters. The number of benzene rings is 1. The van der Waals surface area contributed by atoms with E-state index in [-0.39, 0.29) is 5.41 Å². The van der Waals surface area contributed by atoms with Crippen LogP contribution in [0, 0.1) is 11.6 Å². The molecule has 20 heavy (non-hydrogen) atoms. The molecule has 0 saturated heterocycles. The summed E-state index contributed by atoms with van der Waals surface area (Å²) in [6, 6.07) is 5.58. The lowest BCUT2D eigenvalue weighted by Gasteiger charge is -2.14. The van der Waals surface area contributed by atoms with Crippen molar-refractivity contribution in [3.8, 4) is 5.69 Å². The molecule has 0 aliphatic heterocycles. The van der Waals surface area contributed by atoms with Gasteiger partial charge in [-0.2, -0.15) is 5.10 Å². The molecule has 2 aromatic rings. The van der Waals surface area contributed by atoms with Gasteiger partial charge in [-0.15, -0.1) is 0 Å². The molecule has 0 aliphatic rings. The van der Waals surface area contributed by atoms with Crippen molar-refractivity contribution < 1.29 is 8.78 Å². The first-order chi connectivity index (χ1) is 9.32. The largest absolute Gasteiger partial charge is 0.236 e. The van der Waals surface area contributed by atoms with Crippen molar-refractivity contribution in [2.75, 3.05) is 0 Å². The predicted molar refractivity (Wildman–Crippen MR) is 74.9 cm³/mol. The van der Waals surface area contributed by atoms with E-state index in [1.165, 1.54) is 6.07 Å². The molecule has 3 nitrogen and oxygen atoms in total. The molecule has 1 aromatic heterocycles. The van der Waals surface area contributed by atoms with Crippen LogP contribution in [0.1, 0.15) is 32.2 Å². The summed E-state index contributed by atoms with van der Waals surface area (Å²) >= 11 is 5.55. The minimum atomic E-state index is -0.903. The fraction of sp³-hybridized carbons (Fsp3) is 0.357. The Morgan fingerprint density at radius 2 is 1.90 bits per heavy atom. The Bertz CT molecular complexity index is 617. The number of hydrogen-bond donors (Lipinski definition) is 1. The lowest BCUT2D eigenvalue weighted by atomic mass is 9.92. The molecular weight excluding hydrogens is 284 g/mol. The first kappa shape index (κ1) is 14.9. The van der Waals surface area contributed by atoms with Crippen LogP contribution in [0.15, 0.2) is 24.3 Å². The number of hydrogen-bond acceptors (Lipinski definition) is 2. The van der Waals surface area contributed by atoms with Crippen molar-refractivity contribution in [3.63, 3.8) is 0 Å². The minimum absolute atomic E-state index is 0.148. The van der Waals surface area contributed by atoms with Crippen LogP contribution in [-0.4, -0.2) is 9.78 Å². The van der Waals surface area contributed by atoms with Crippen LogP contribution >= 0.6 is 11.8 Å². The summed E-state index contributed by atoms with van der Waals surface area (Å²) in [5.41, 5.74) is 1.94. The highest BCUT2D eigenvalue weighted by Crippen LogP contribution is 2.24. The van der Waals surface area contributed by atoms with Crippen molar-refractivity contribution in [1.29, 1.82) is 0 Å². The molecule has 1 N–H and O–H groups in total. The van der Waals surface area contributed by atoms with Crippen LogP contribution in [0.2, 0.25) is 0 Å². The van der Waals surface area contributed by atoms with Gasteiger partial charge < -0.3 is 0 Å². The van der Waals surface area contributed by atoms with E-state index in [2.05, 4.69) is 9.93 Å². The minimum Gasteiger partial charge on any atom is -0.236 e. The van der Waals surface area contributed by atoms with Crippen LogP contribution in [0.3, 0.4) is 0 Å². The highest BCUT2D eigenvalue weighted by atomic mass is 35.5. The van der Waals surface area contributed by atoms with Crippen LogP contribution in [0.25, 0.3) is 5.69 Å². The number of halogens is 3. The van der Waals surface area contributed by atoms with Gasteiger partial charge in [0.25, 0.3) is 0 Å². The average molecular weight is 300 g/mol. The molecule has 0 bridgehead atoms. The average Bonchev–Trinajstić information content (AvgIpc) is 2.77. The summed E-state index contributed by atoms with van der Waals surface area (Å²) in [7, 11) is 0. The Balaban J connectivity index is 2.53. The highest BCUT2D eigenvalue weighted by molar-refractivity contribution is 6.13. The SMILES string of the molecule is CC(C)(C)c1cc(CNCl)n(-c2ccc(F)c(F)c2)n1. The summed E-state index contributed by atoms with van der Waals surface area (Å²) in [6.07, 6.45) is 0. The topological polar surface area (TPSA) is 29.9 Å². The lowest BCUT2D eigenvalue weighted by molar-refractivity contribution is 0.506. The molecule has 0 aliphatic carbocycles. The quantitative estimate of drug-likeness (QED) is 0.876. The molecule has 1 aromatic carbocycles. The maximum absolute atomic E-state index is 13.4. The van der Waals surface area contributed by atoms with E-state index in [0.717, 1.165) is 23.5 Å². The van der Waals surface area contributed by atoms with Gasteiger partial charge in [0.05, 0.1) is 23.6 Å². The maximum atomic E-state index is 13.4. The molecule has 0 amide bonds. The number of nitrogens with zero attached hydrogens (tertiary/aromatic N) is 2. The van der Waals surface area contributed by atoms with Gasteiger partial charge in [-0.1, -0.05) is 20.8 Å². The van der Waals surface area contributed by atoms with Crippen molar-refractivity contribution in [1.82, 2.24) is 14.6 Å². The van der Waals surface area contributed by atoms with Crippen molar-refractivity contribution in [2.24, 2.45) is 0 Å². The van der Waals surface area contributed by atoms with Crippen molar-refractivity contribution in [2.45, 2.75) is 32.7 Å². The molecule has 2 rings (SSSR count). The zero-order valence-corrected chi connectivity index (χ0v) is 12.3. The van der Waals surface area contributed by atoms with Gasteiger partial charge in [0.15, 0.2) is 11.6 Å². The summed E-state index contributed by atoms with van der Waals surface area (Å²) in [4.78, 5) is 2.53.